The largest absolute Gasteiger partial charge is 0.300 e. The van der Waals surface area contributed by atoms with Crippen molar-refractivity contribution in [2.24, 2.45) is 0 Å². The highest BCUT2D eigenvalue weighted by Crippen LogP contribution is 2.17. The fraction of sp³-hybridized carbons (Fsp3) is 0.615. The summed E-state index contributed by atoms with van der Waals surface area (Å²) in [6.07, 6.45) is 0.704. The highest BCUT2D eigenvalue weighted by Gasteiger charge is 1.95. The molecule has 1 aromatic rings. The highest BCUT2D eigenvalue weighted by molar-refractivity contribution is 7.98. The molecule has 1 nitrogen and oxygen atoms in total. The third-order valence-corrected chi connectivity index (χ3v) is 3.49. The monoisotopic (exact) mass is 260 g/mol. The summed E-state index contributed by atoms with van der Waals surface area (Å²) in [7, 11) is 0. The molecule has 0 saturated carbocycles. The molecule has 0 unspecified atom stereocenters. The van der Waals surface area contributed by atoms with E-state index < -0.39 is 0 Å². The SMILES string of the molecule is CC.CC.CC(=O)CCSCc1cccs1. The minimum Gasteiger partial charge on any atom is -0.300 e. The first-order valence-electron chi connectivity index (χ1n) is 5.88. The van der Waals surface area contributed by atoms with Crippen molar-refractivity contribution in [1.82, 2.24) is 0 Å². The predicted molar refractivity (Wildman–Crippen MR) is 78.5 cm³/mol. The molecule has 0 aliphatic rings. The van der Waals surface area contributed by atoms with Gasteiger partial charge in [-0.1, -0.05) is 33.8 Å². The van der Waals surface area contributed by atoms with E-state index in [1.54, 1.807) is 18.3 Å². The van der Waals surface area contributed by atoms with Crippen molar-refractivity contribution >= 4 is 28.9 Å². The second kappa shape index (κ2) is 14.7. The Morgan fingerprint density at radius 2 is 1.94 bits per heavy atom. The summed E-state index contributed by atoms with van der Waals surface area (Å²) in [6.45, 7) is 9.64. The molecule has 0 amide bonds. The highest BCUT2D eigenvalue weighted by atomic mass is 32.2. The van der Waals surface area contributed by atoms with Crippen LogP contribution in [0.5, 0.6) is 0 Å². The molecule has 0 radical (unpaired) electrons. The summed E-state index contributed by atoms with van der Waals surface area (Å²) < 4.78 is 0. The van der Waals surface area contributed by atoms with Crippen molar-refractivity contribution in [2.45, 2.75) is 46.8 Å². The quantitative estimate of drug-likeness (QED) is 0.692. The maximum atomic E-state index is 10.6. The summed E-state index contributed by atoms with van der Waals surface area (Å²) in [4.78, 5) is 12.0. The van der Waals surface area contributed by atoms with Gasteiger partial charge in [-0.25, -0.2) is 0 Å². The topological polar surface area (TPSA) is 17.1 Å². The van der Waals surface area contributed by atoms with Gasteiger partial charge in [-0.15, -0.1) is 11.3 Å². The normalized spacial score (nSPS) is 8.31. The molecule has 0 aliphatic carbocycles. The summed E-state index contributed by atoms with van der Waals surface area (Å²) in [5, 5.41) is 2.08. The van der Waals surface area contributed by atoms with E-state index in [0.29, 0.717) is 6.42 Å². The predicted octanol–water partition coefficient (Wildman–Crippen LogP) is 5.01. The Morgan fingerprint density at radius 3 is 2.38 bits per heavy atom. The molecule has 0 atom stereocenters. The van der Waals surface area contributed by atoms with Gasteiger partial charge in [0.15, 0.2) is 0 Å². The average molecular weight is 260 g/mol. The Labute approximate surface area is 109 Å². The van der Waals surface area contributed by atoms with Gasteiger partial charge in [0.2, 0.25) is 0 Å². The van der Waals surface area contributed by atoms with Crippen molar-refractivity contribution < 1.29 is 4.79 Å². The van der Waals surface area contributed by atoms with Crippen LogP contribution >= 0.6 is 23.1 Å². The van der Waals surface area contributed by atoms with E-state index in [9.17, 15) is 4.79 Å². The lowest BCUT2D eigenvalue weighted by molar-refractivity contribution is -0.116. The first-order chi connectivity index (χ1) is 7.79. The molecule has 0 aromatic carbocycles. The number of thioether (sulfide) groups is 1. The molecule has 16 heavy (non-hydrogen) atoms. The van der Waals surface area contributed by atoms with Crippen LogP contribution in [0.4, 0.5) is 0 Å². The lowest BCUT2D eigenvalue weighted by Gasteiger charge is -1.96. The van der Waals surface area contributed by atoms with Gasteiger partial charge in [-0.2, -0.15) is 11.8 Å². The number of thiophene rings is 1. The second-order valence-corrected chi connectivity index (χ2v) is 4.72. The van der Waals surface area contributed by atoms with Crippen molar-refractivity contribution in [1.29, 1.82) is 0 Å². The van der Waals surface area contributed by atoms with Gasteiger partial charge in [0.1, 0.15) is 5.78 Å². The third-order valence-electron chi connectivity index (χ3n) is 1.42. The molecule has 0 spiro atoms. The molecule has 3 heteroatoms. The fourth-order valence-corrected chi connectivity index (χ4v) is 2.67. The second-order valence-electron chi connectivity index (χ2n) is 2.58. The number of ketones is 1. The van der Waals surface area contributed by atoms with Gasteiger partial charge in [0, 0.05) is 22.8 Å². The van der Waals surface area contributed by atoms with Crippen LogP contribution in [0.3, 0.4) is 0 Å². The Kier molecular flexibility index (Phi) is 16.6. The van der Waals surface area contributed by atoms with E-state index in [0.717, 1.165) is 11.5 Å². The minimum absolute atomic E-state index is 0.286. The molecule has 0 bridgehead atoms. The van der Waals surface area contributed by atoms with Crippen molar-refractivity contribution in [2.75, 3.05) is 5.75 Å². The van der Waals surface area contributed by atoms with Gasteiger partial charge in [-0.05, 0) is 18.4 Å². The van der Waals surface area contributed by atoms with Crippen LogP contribution in [-0.2, 0) is 10.5 Å². The van der Waals surface area contributed by atoms with Gasteiger partial charge in [-0.3, -0.25) is 4.79 Å². The summed E-state index contributed by atoms with van der Waals surface area (Å²) in [5.41, 5.74) is 0. The maximum Gasteiger partial charge on any atom is 0.130 e. The summed E-state index contributed by atoms with van der Waals surface area (Å²) >= 11 is 3.60. The van der Waals surface area contributed by atoms with E-state index in [2.05, 4.69) is 17.5 Å². The Hall–Kier alpha value is -0.280. The fourth-order valence-electron chi connectivity index (χ4n) is 0.783. The van der Waals surface area contributed by atoms with Crippen molar-refractivity contribution in [3.63, 3.8) is 0 Å². The Balaban J connectivity index is 0. The molecule has 0 aliphatic heterocycles. The zero-order valence-electron chi connectivity index (χ0n) is 11.1. The molecular formula is C13H24OS2. The standard InChI is InChI=1S/C9H12OS2.2C2H6/c1-8(10)4-6-11-7-9-3-2-5-12-9;2*1-2/h2-3,5H,4,6-7H2,1H3;2*1-2H3. The third kappa shape index (κ3) is 11.8. The number of rotatable bonds is 5. The van der Waals surface area contributed by atoms with E-state index in [4.69, 9.17) is 0 Å². The number of carbonyl (C=O) groups is 1. The lowest BCUT2D eigenvalue weighted by Crippen LogP contribution is -1.91. The Bertz CT molecular complexity index is 230. The molecule has 94 valence electrons. The van der Waals surface area contributed by atoms with Crippen LogP contribution in [0, 0.1) is 0 Å². The molecule has 1 heterocycles. The van der Waals surface area contributed by atoms with Gasteiger partial charge in [0.05, 0.1) is 0 Å². The summed E-state index contributed by atoms with van der Waals surface area (Å²) in [5.74, 6) is 2.28. The summed E-state index contributed by atoms with van der Waals surface area (Å²) in [6, 6.07) is 4.19. The zero-order chi connectivity index (χ0) is 12.8. The van der Waals surface area contributed by atoms with Crippen LogP contribution in [0.1, 0.15) is 45.9 Å². The van der Waals surface area contributed by atoms with Crippen LogP contribution in [0.2, 0.25) is 0 Å². The van der Waals surface area contributed by atoms with Gasteiger partial charge in [0.25, 0.3) is 0 Å². The van der Waals surface area contributed by atoms with Crippen molar-refractivity contribution in [3.8, 4) is 0 Å². The van der Waals surface area contributed by atoms with Crippen LogP contribution in [0.25, 0.3) is 0 Å². The number of Topliss-reactive ketones (excluding diaryl/α,β-unsaturated/α-hetero) is 1. The van der Waals surface area contributed by atoms with Crippen LogP contribution in [0.15, 0.2) is 17.5 Å². The average Bonchev–Trinajstić information content (AvgIpc) is 2.83. The van der Waals surface area contributed by atoms with E-state index >= 15 is 0 Å². The number of hydrogen-bond donors (Lipinski definition) is 0. The van der Waals surface area contributed by atoms with Crippen molar-refractivity contribution in [3.05, 3.63) is 22.4 Å². The van der Waals surface area contributed by atoms with E-state index in [-0.39, 0.29) is 5.78 Å². The lowest BCUT2D eigenvalue weighted by atomic mass is 10.4. The molecule has 0 fully saturated rings. The molecular weight excluding hydrogens is 236 g/mol. The van der Waals surface area contributed by atoms with Gasteiger partial charge < -0.3 is 0 Å². The molecule has 0 N–H and O–H groups in total. The smallest absolute Gasteiger partial charge is 0.130 e. The molecule has 1 aromatic heterocycles. The zero-order valence-corrected chi connectivity index (χ0v) is 12.7. The van der Waals surface area contributed by atoms with Gasteiger partial charge >= 0.3 is 0 Å². The first kappa shape index (κ1) is 18.1. The number of carbonyl (C=O) groups excluding carboxylic acids is 1. The number of hydrogen-bond acceptors (Lipinski definition) is 3. The van der Waals surface area contributed by atoms with E-state index in [1.807, 2.05) is 39.5 Å². The molecule has 0 saturated heterocycles. The van der Waals surface area contributed by atoms with E-state index in [1.165, 1.54) is 4.88 Å². The van der Waals surface area contributed by atoms with Crippen LogP contribution in [-0.4, -0.2) is 11.5 Å². The van der Waals surface area contributed by atoms with Crippen LogP contribution < -0.4 is 0 Å². The maximum absolute atomic E-state index is 10.6. The minimum atomic E-state index is 0.286. The molecule has 1 rings (SSSR count). The first-order valence-corrected chi connectivity index (χ1v) is 7.92. The Morgan fingerprint density at radius 1 is 1.31 bits per heavy atom.